The van der Waals surface area contributed by atoms with Crippen molar-refractivity contribution in [3.05, 3.63) is 29.8 Å². The Hall–Kier alpha value is -0.470. The third-order valence-electron chi connectivity index (χ3n) is 2.68. The van der Waals surface area contributed by atoms with E-state index in [4.69, 9.17) is 0 Å². The summed E-state index contributed by atoms with van der Waals surface area (Å²) in [5.41, 5.74) is 1.43. The average molecular weight is 251 g/mol. The second kappa shape index (κ2) is 8.60. The van der Waals surface area contributed by atoms with Crippen LogP contribution >= 0.6 is 11.8 Å². The van der Waals surface area contributed by atoms with Crippen LogP contribution < -0.4 is 5.32 Å². The van der Waals surface area contributed by atoms with E-state index in [2.05, 4.69) is 50.4 Å². The van der Waals surface area contributed by atoms with Gasteiger partial charge in [0.15, 0.2) is 0 Å². The van der Waals surface area contributed by atoms with Crippen molar-refractivity contribution in [3.63, 3.8) is 0 Å². The summed E-state index contributed by atoms with van der Waals surface area (Å²) in [5, 5.41) is 3.49. The highest BCUT2D eigenvalue weighted by molar-refractivity contribution is 7.99. The molecule has 0 aliphatic heterocycles. The molecule has 2 heteroatoms. The molecule has 0 aromatic heterocycles. The summed E-state index contributed by atoms with van der Waals surface area (Å²) >= 11 is 2.00. The normalized spacial score (nSPS) is 11.1. The second-order valence-corrected chi connectivity index (χ2v) is 5.84. The standard InChI is InChI=1S/C15H25NS/c1-4-5-8-11-17-15-10-7-6-9-14(15)12-16-13(2)3/h6-7,9-10,13,16H,4-5,8,11-12H2,1-3H3. The van der Waals surface area contributed by atoms with E-state index in [1.807, 2.05) is 11.8 Å². The monoisotopic (exact) mass is 251 g/mol. The topological polar surface area (TPSA) is 12.0 Å². The molecular formula is C15H25NS. The van der Waals surface area contributed by atoms with Gasteiger partial charge < -0.3 is 5.32 Å². The molecule has 0 aliphatic rings. The fraction of sp³-hybridized carbons (Fsp3) is 0.600. The maximum Gasteiger partial charge on any atom is 0.0218 e. The summed E-state index contributed by atoms with van der Waals surface area (Å²) in [5.74, 6) is 1.24. The van der Waals surface area contributed by atoms with Crippen LogP contribution in [-0.4, -0.2) is 11.8 Å². The zero-order valence-corrected chi connectivity index (χ0v) is 12.1. The van der Waals surface area contributed by atoms with E-state index in [9.17, 15) is 0 Å². The van der Waals surface area contributed by atoms with Gasteiger partial charge in [0.05, 0.1) is 0 Å². The summed E-state index contributed by atoms with van der Waals surface area (Å²) in [6, 6.07) is 9.30. The minimum atomic E-state index is 0.549. The lowest BCUT2D eigenvalue weighted by Gasteiger charge is -2.12. The minimum Gasteiger partial charge on any atom is -0.310 e. The maximum atomic E-state index is 3.49. The fourth-order valence-corrected chi connectivity index (χ4v) is 2.71. The molecule has 0 aliphatic carbocycles. The zero-order chi connectivity index (χ0) is 12.5. The van der Waals surface area contributed by atoms with Crippen LogP contribution in [0.25, 0.3) is 0 Å². The molecule has 0 bridgehead atoms. The Morgan fingerprint density at radius 2 is 1.94 bits per heavy atom. The zero-order valence-electron chi connectivity index (χ0n) is 11.3. The first kappa shape index (κ1) is 14.6. The summed E-state index contributed by atoms with van der Waals surface area (Å²) in [6.45, 7) is 7.62. The van der Waals surface area contributed by atoms with Gasteiger partial charge in [-0.2, -0.15) is 0 Å². The number of hydrogen-bond acceptors (Lipinski definition) is 2. The van der Waals surface area contributed by atoms with E-state index in [0.717, 1.165) is 6.54 Å². The largest absolute Gasteiger partial charge is 0.310 e. The van der Waals surface area contributed by atoms with E-state index >= 15 is 0 Å². The Kier molecular flexibility index (Phi) is 7.38. The predicted molar refractivity (Wildman–Crippen MR) is 78.7 cm³/mol. The molecule has 0 radical (unpaired) electrons. The number of benzene rings is 1. The predicted octanol–water partition coefficient (Wildman–Crippen LogP) is 4.47. The Morgan fingerprint density at radius 1 is 1.18 bits per heavy atom. The summed E-state index contributed by atoms with van der Waals surface area (Å²) in [4.78, 5) is 1.44. The van der Waals surface area contributed by atoms with Crippen LogP contribution in [0.1, 0.15) is 45.6 Å². The van der Waals surface area contributed by atoms with E-state index in [-0.39, 0.29) is 0 Å². The number of nitrogens with one attached hydrogen (secondary N) is 1. The highest BCUT2D eigenvalue weighted by atomic mass is 32.2. The lowest BCUT2D eigenvalue weighted by atomic mass is 10.2. The number of hydrogen-bond donors (Lipinski definition) is 1. The van der Waals surface area contributed by atoms with Gasteiger partial charge in [-0.15, -0.1) is 11.8 Å². The van der Waals surface area contributed by atoms with Gasteiger partial charge in [0.25, 0.3) is 0 Å². The van der Waals surface area contributed by atoms with Gasteiger partial charge in [0, 0.05) is 17.5 Å². The maximum absolute atomic E-state index is 3.49. The van der Waals surface area contributed by atoms with E-state index < -0.39 is 0 Å². The van der Waals surface area contributed by atoms with Gasteiger partial charge in [-0.05, 0) is 23.8 Å². The van der Waals surface area contributed by atoms with Gasteiger partial charge in [0.1, 0.15) is 0 Å². The van der Waals surface area contributed by atoms with Crippen molar-refractivity contribution in [3.8, 4) is 0 Å². The quantitative estimate of drug-likeness (QED) is 0.540. The Balaban J connectivity index is 2.46. The van der Waals surface area contributed by atoms with Crippen molar-refractivity contribution in [2.75, 3.05) is 5.75 Å². The van der Waals surface area contributed by atoms with E-state index in [0.29, 0.717) is 6.04 Å². The first-order valence-electron chi connectivity index (χ1n) is 6.68. The highest BCUT2D eigenvalue weighted by Crippen LogP contribution is 2.23. The molecule has 0 unspecified atom stereocenters. The first-order valence-corrected chi connectivity index (χ1v) is 7.66. The van der Waals surface area contributed by atoms with Gasteiger partial charge in [-0.3, -0.25) is 0 Å². The molecular weight excluding hydrogens is 226 g/mol. The minimum absolute atomic E-state index is 0.549. The van der Waals surface area contributed by atoms with Crippen molar-refractivity contribution in [2.45, 2.75) is 57.5 Å². The van der Waals surface area contributed by atoms with Crippen LogP contribution in [-0.2, 0) is 6.54 Å². The molecule has 96 valence electrons. The van der Waals surface area contributed by atoms with Crippen molar-refractivity contribution in [1.29, 1.82) is 0 Å². The highest BCUT2D eigenvalue weighted by Gasteiger charge is 2.02. The van der Waals surface area contributed by atoms with Gasteiger partial charge in [0.2, 0.25) is 0 Å². The molecule has 0 saturated heterocycles. The van der Waals surface area contributed by atoms with E-state index in [1.54, 1.807) is 0 Å². The van der Waals surface area contributed by atoms with Crippen molar-refractivity contribution < 1.29 is 0 Å². The van der Waals surface area contributed by atoms with Crippen molar-refractivity contribution in [1.82, 2.24) is 5.32 Å². The van der Waals surface area contributed by atoms with Gasteiger partial charge in [-0.1, -0.05) is 51.8 Å². The number of rotatable bonds is 8. The molecule has 1 rings (SSSR count). The smallest absolute Gasteiger partial charge is 0.0218 e. The lowest BCUT2D eigenvalue weighted by molar-refractivity contribution is 0.585. The molecule has 1 aromatic rings. The lowest BCUT2D eigenvalue weighted by Crippen LogP contribution is -2.22. The van der Waals surface area contributed by atoms with E-state index in [1.165, 1.54) is 35.5 Å². The molecule has 1 N–H and O–H groups in total. The molecule has 1 nitrogen and oxygen atoms in total. The van der Waals surface area contributed by atoms with Crippen LogP contribution in [0.2, 0.25) is 0 Å². The van der Waals surface area contributed by atoms with Crippen LogP contribution in [0.3, 0.4) is 0 Å². The molecule has 17 heavy (non-hydrogen) atoms. The van der Waals surface area contributed by atoms with Gasteiger partial charge in [-0.25, -0.2) is 0 Å². The van der Waals surface area contributed by atoms with Crippen LogP contribution in [0, 0.1) is 0 Å². The SMILES string of the molecule is CCCCCSc1ccccc1CNC(C)C. The van der Waals surface area contributed by atoms with Crippen LogP contribution in [0.4, 0.5) is 0 Å². The molecule has 0 heterocycles. The first-order chi connectivity index (χ1) is 8.24. The summed E-state index contributed by atoms with van der Waals surface area (Å²) in [6.07, 6.45) is 3.98. The third-order valence-corrected chi connectivity index (χ3v) is 3.88. The summed E-state index contributed by atoms with van der Waals surface area (Å²) in [7, 11) is 0. The van der Waals surface area contributed by atoms with Crippen molar-refractivity contribution >= 4 is 11.8 Å². The number of unbranched alkanes of at least 4 members (excludes halogenated alkanes) is 2. The molecule has 0 fully saturated rings. The Morgan fingerprint density at radius 3 is 2.65 bits per heavy atom. The van der Waals surface area contributed by atoms with Crippen molar-refractivity contribution in [2.24, 2.45) is 0 Å². The number of thioether (sulfide) groups is 1. The second-order valence-electron chi connectivity index (χ2n) is 4.70. The van der Waals surface area contributed by atoms with Gasteiger partial charge >= 0.3 is 0 Å². The molecule has 1 aromatic carbocycles. The molecule has 0 saturated carbocycles. The third kappa shape index (κ3) is 6.13. The Labute approximate surface area is 110 Å². The summed E-state index contributed by atoms with van der Waals surface area (Å²) < 4.78 is 0. The molecule has 0 atom stereocenters. The fourth-order valence-electron chi connectivity index (χ4n) is 1.64. The molecule has 0 amide bonds. The van der Waals surface area contributed by atoms with Crippen LogP contribution in [0.15, 0.2) is 29.2 Å². The molecule has 0 spiro atoms. The Bertz CT molecular complexity index is 310. The van der Waals surface area contributed by atoms with Crippen LogP contribution in [0.5, 0.6) is 0 Å². The average Bonchev–Trinajstić information content (AvgIpc) is 2.33.